The SMILES string of the molecule is CCC(NC(C)CN1CCN(C)CC1)c1ccc(F)cc1. The van der Waals surface area contributed by atoms with Crippen molar-refractivity contribution in [1.82, 2.24) is 15.1 Å². The molecule has 1 aliphatic heterocycles. The minimum atomic E-state index is -0.168. The highest BCUT2D eigenvalue weighted by molar-refractivity contribution is 5.19. The fraction of sp³-hybridized carbons (Fsp3) is 0.647. The van der Waals surface area contributed by atoms with Gasteiger partial charge in [-0.1, -0.05) is 19.1 Å². The Kier molecular flexibility index (Phi) is 6.15. The molecule has 2 rings (SSSR count). The van der Waals surface area contributed by atoms with Crippen LogP contribution < -0.4 is 5.32 Å². The van der Waals surface area contributed by atoms with Crippen molar-refractivity contribution >= 4 is 0 Å². The van der Waals surface area contributed by atoms with Gasteiger partial charge in [0, 0.05) is 44.8 Å². The normalized spacial score (nSPS) is 20.4. The van der Waals surface area contributed by atoms with E-state index in [1.165, 1.54) is 5.56 Å². The average molecular weight is 293 g/mol. The van der Waals surface area contributed by atoms with Crippen LogP contribution in [0, 0.1) is 5.82 Å². The first-order valence-corrected chi connectivity index (χ1v) is 8.01. The van der Waals surface area contributed by atoms with Gasteiger partial charge in [-0.2, -0.15) is 0 Å². The Balaban J connectivity index is 1.84. The second-order valence-electron chi connectivity index (χ2n) is 6.18. The highest BCUT2D eigenvalue weighted by Crippen LogP contribution is 2.18. The molecule has 1 aromatic rings. The van der Waals surface area contributed by atoms with E-state index in [9.17, 15) is 4.39 Å². The molecule has 2 unspecified atom stereocenters. The molecule has 1 fully saturated rings. The van der Waals surface area contributed by atoms with Crippen molar-refractivity contribution in [3.8, 4) is 0 Å². The summed E-state index contributed by atoms with van der Waals surface area (Å²) in [4.78, 5) is 4.90. The average Bonchev–Trinajstić information content (AvgIpc) is 2.48. The van der Waals surface area contributed by atoms with E-state index in [1.807, 2.05) is 12.1 Å². The Morgan fingerprint density at radius 2 is 1.76 bits per heavy atom. The highest BCUT2D eigenvalue weighted by atomic mass is 19.1. The summed E-state index contributed by atoms with van der Waals surface area (Å²) in [6.07, 6.45) is 1.01. The number of hydrogen-bond donors (Lipinski definition) is 1. The smallest absolute Gasteiger partial charge is 0.123 e. The second kappa shape index (κ2) is 7.87. The largest absolute Gasteiger partial charge is 0.306 e. The molecule has 3 nitrogen and oxygen atoms in total. The maximum atomic E-state index is 13.0. The van der Waals surface area contributed by atoms with Crippen LogP contribution >= 0.6 is 0 Å². The maximum absolute atomic E-state index is 13.0. The Morgan fingerprint density at radius 3 is 2.33 bits per heavy atom. The van der Waals surface area contributed by atoms with Gasteiger partial charge in [0.15, 0.2) is 0 Å². The van der Waals surface area contributed by atoms with Gasteiger partial charge in [-0.3, -0.25) is 4.90 Å². The lowest BCUT2D eigenvalue weighted by molar-refractivity contribution is 0.142. The first-order valence-electron chi connectivity index (χ1n) is 8.01. The van der Waals surface area contributed by atoms with E-state index in [1.54, 1.807) is 12.1 Å². The van der Waals surface area contributed by atoms with Crippen LogP contribution in [0.1, 0.15) is 31.9 Å². The molecule has 1 N–H and O–H groups in total. The van der Waals surface area contributed by atoms with E-state index in [4.69, 9.17) is 0 Å². The van der Waals surface area contributed by atoms with Gasteiger partial charge in [0.1, 0.15) is 5.82 Å². The van der Waals surface area contributed by atoms with Gasteiger partial charge in [0.25, 0.3) is 0 Å². The summed E-state index contributed by atoms with van der Waals surface area (Å²) in [5.74, 6) is -0.168. The third-order valence-corrected chi connectivity index (χ3v) is 4.29. The van der Waals surface area contributed by atoms with Crippen LogP contribution in [-0.4, -0.2) is 55.6 Å². The van der Waals surface area contributed by atoms with Crippen molar-refractivity contribution in [2.45, 2.75) is 32.4 Å². The lowest BCUT2D eigenvalue weighted by atomic mass is 10.0. The van der Waals surface area contributed by atoms with Crippen molar-refractivity contribution in [3.63, 3.8) is 0 Å². The van der Waals surface area contributed by atoms with Crippen molar-refractivity contribution in [2.75, 3.05) is 39.8 Å². The summed E-state index contributed by atoms with van der Waals surface area (Å²) in [7, 11) is 2.18. The molecule has 0 radical (unpaired) electrons. The zero-order valence-corrected chi connectivity index (χ0v) is 13.5. The van der Waals surface area contributed by atoms with Gasteiger partial charge >= 0.3 is 0 Å². The van der Waals surface area contributed by atoms with Crippen LogP contribution in [-0.2, 0) is 0 Å². The fourth-order valence-electron chi connectivity index (χ4n) is 2.96. The zero-order valence-electron chi connectivity index (χ0n) is 13.5. The number of nitrogens with zero attached hydrogens (tertiary/aromatic N) is 2. The Bertz CT molecular complexity index is 413. The molecule has 0 amide bonds. The molecule has 1 aliphatic rings. The number of nitrogens with one attached hydrogen (secondary N) is 1. The summed E-state index contributed by atoms with van der Waals surface area (Å²) >= 11 is 0. The molecule has 0 saturated carbocycles. The standard InChI is InChI=1S/C17H28FN3/c1-4-17(15-5-7-16(18)8-6-15)19-14(2)13-21-11-9-20(3)10-12-21/h5-8,14,17,19H,4,9-13H2,1-3H3. The number of piperazine rings is 1. The van der Waals surface area contributed by atoms with Crippen LogP contribution in [0.4, 0.5) is 4.39 Å². The quantitative estimate of drug-likeness (QED) is 0.869. The molecular formula is C17H28FN3. The molecule has 2 atom stereocenters. The van der Waals surface area contributed by atoms with Crippen LogP contribution in [0.2, 0.25) is 0 Å². The molecule has 0 aromatic heterocycles. The zero-order chi connectivity index (χ0) is 15.2. The Morgan fingerprint density at radius 1 is 1.14 bits per heavy atom. The predicted molar refractivity (Wildman–Crippen MR) is 86.0 cm³/mol. The maximum Gasteiger partial charge on any atom is 0.123 e. The first kappa shape index (κ1) is 16.4. The topological polar surface area (TPSA) is 18.5 Å². The van der Waals surface area contributed by atoms with Gasteiger partial charge in [-0.15, -0.1) is 0 Å². The van der Waals surface area contributed by atoms with Crippen molar-refractivity contribution in [2.24, 2.45) is 0 Å². The fourth-order valence-corrected chi connectivity index (χ4v) is 2.96. The minimum absolute atomic E-state index is 0.168. The minimum Gasteiger partial charge on any atom is -0.306 e. The van der Waals surface area contributed by atoms with Crippen molar-refractivity contribution in [3.05, 3.63) is 35.6 Å². The van der Waals surface area contributed by atoms with Gasteiger partial charge in [0.2, 0.25) is 0 Å². The van der Waals surface area contributed by atoms with E-state index >= 15 is 0 Å². The number of rotatable bonds is 6. The summed E-state index contributed by atoms with van der Waals surface area (Å²) in [5, 5.41) is 3.68. The summed E-state index contributed by atoms with van der Waals surface area (Å²) in [5.41, 5.74) is 1.17. The molecule has 0 bridgehead atoms. The van der Waals surface area contributed by atoms with Crippen LogP contribution in [0.15, 0.2) is 24.3 Å². The van der Waals surface area contributed by atoms with Crippen LogP contribution in [0.3, 0.4) is 0 Å². The lowest BCUT2D eigenvalue weighted by Gasteiger charge is -2.35. The van der Waals surface area contributed by atoms with E-state index in [2.05, 4.69) is 36.0 Å². The Hall–Kier alpha value is -0.970. The molecule has 4 heteroatoms. The van der Waals surface area contributed by atoms with Crippen LogP contribution in [0.5, 0.6) is 0 Å². The number of hydrogen-bond acceptors (Lipinski definition) is 3. The monoisotopic (exact) mass is 293 g/mol. The molecular weight excluding hydrogens is 265 g/mol. The molecule has 1 saturated heterocycles. The molecule has 0 spiro atoms. The van der Waals surface area contributed by atoms with Crippen molar-refractivity contribution < 1.29 is 4.39 Å². The summed E-state index contributed by atoms with van der Waals surface area (Å²) in [6.45, 7) is 10.1. The summed E-state index contributed by atoms with van der Waals surface area (Å²) in [6, 6.07) is 7.60. The third kappa shape index (κ3) is 5.06. The molecule has 1 heterocycles. The van der Waals surface area contributed by atoms with Gasteiger partial charge in [-0.25, -0.2) is 4.39 Å². The second-order valence-corrected chi connectivity index (χ2v) is 6.18. The molecule has 1 aromatic carbocycles. The van der Waals surface area contributed by atoms with Gasteiger partial charge in [0.05, 0.1) is 0 Å². The number of halogens is 1. The van der Waals surface area contributed by atoms with E-state index in [-0.39, 0.29) is 5.82 Å². The number of benzene rings is 1. The highest BCUT2D eigenvalue weighted by Gasteiger charge is 2.18. The predicted octanol–water partition coefficient (Wildman–Crippen LogP) is 2.50. The first-order chi connectivity index (χ1) is 10.1. The lowest BCUT2D eigenvalue weighted by Crippen LogP contribution is -2.49. The molecule has 118 valence electrons. The van der Waals surface area contributed by atoms with E-state index in [0.717, 1.165) is 39.1 Å². The Labute approximate surface area is 128 Å². The van der Waals surface area contributed by atoms with Gasteiger partial charge < -0.3 is 10.2 Å². The molecule has 0 aliphatic carbocycles. The van der Waals surface area contributed by atoms with Crippen LogP contribution in [0.25, 0.3) is 0 Å². The molecule has 21 heavy (non-hydrogen) atoms. The van der Waals surface area contributed by atoms with E-state index in [0.29, 0.717) is 12.1 Å². The third-order valence-electron chi connectivity index (χ3n) is 4.29. The van der Waals surface area contributed by atoms with E-state index < -0.39 is 0 Å². The van der Waals surface area contributed by atoms with Crippen molar-refractivity contribution in [1.29, 1.82) is 0 Å². The van der Waals surface area contributed by atoms with Gasteiger partial charge in [-0.05, 0) is 38.1 Å². The summed E-state index contributed by atoms with van der Waals surface area (Å²) < 4.78 is 13.0. The number of likely N-dealkylation sites (N-methyl/N-ethyl adjacent to an activating group) is 1.